The number of amides is 2. The Labute approximate surface area is 200 Å². The minimum Gasteiger partial charge on any atom is -0.489 e. The Hall–Kier alpha value is -3.06. The van der Waals surface area contributed by atoms with Gasteiger partial charge in [0.05, 0.1) is 16.4 Å². The quantitative estimate of drug-likeness (QED) is 0.264. The van der Waals surface area contributed by atoms with E-state index in [1.807, 2.05) is 18.2 Å². The lowest BCUT2D eigenvalue weighted by Crippen LogP contribution is -2.33. The molecule has 0 aliphatic rings. The van der Waals surface area contributed by atoms with Crippen molar-refractivity contribution in [2.75, 3.05) is 5.32 Å². The number of nitrogens with one attached hydrogen (secondary N) is 2. The van der Waals surface area contributed by atoms with Crippen molar-refractivity contribution in [1.29, 1.82) is 0 Å². The summed E-state index contributed by atoms with van der Waals surface area (Å²) >= 11 is 18.0. The maximum Gasteiger partial charge on any atom is 0.329 e. The third kappa shape index (κ3) is 6.47. The van der Waals surface area contributed by atoms with Crippen LogP contribution in [0.3, 0.4) is 0 Å². The molecule has 0 heterocycles. The van der Waals surface area contributed by atoms with Crippen LogP contribution in [0.2, 0.25) is 15.1 Å². The van der Waals surface area contributed by atoms with Crippen LogP contribution in [0.5, 0.6) is 5.75 Å². The maximum absolute atomic E-state index is 12.1. The van der Waals surface area contributed by atoms with Crippen LogP contribution >= 0.6 is 34.8 Å². The van der Waals surface area contributed by atoms with Crippen molar-refractivity contribution in [3.8, 4) is 5.75 Å². The Morgan fingerprint density at radius 3 is 2.34 bits per heavy atom. The Bertz CT molecular complexity index is 1160. The van der Waals surface area contributed by atoms with Gasteiger partial charge in [-0.15, -0.1) is 0 Å². The van der Waals surface area contributed by atoms with Crippen molar-refractivity contribution in [2.24, 2.45) is 5.10 Å². The molecular formula is C23H18Cl3N3O3. The zero-order chi connectivity index (χ0) is 23.1. The normalized spacial score (nSPS) is 11.1. The summed E-state index contributed by atoms with van der Waals surface area (Å²) in [5.74, 6) is -1.21. The SMILES string of the molecule is C/C(=N\NC(=O)C(=O)Nc1cc(Cl)ccc1Cl)c1ccc(OCc2ccccc2Cl)cc1. The molecule has 2 amide bonds. The van der Waals surface area contributed by atoms with E-state index in [2.05, 4.69) is 15.8 Å². The van der Waals surface area contributed by atoms with Crippen molar-refractivity contribution >= 4 is 58.0 Å². The van der Waals surface area contributed by atoms with Gasteiger partial charge in [-0.2, -0.15) is 5.10 Å². The monoisotopic (exact) mass is 489 g/mol. The molecule has 3 aromatic carbocycles. The lowest BCUT2D eigenvalue weighted by atomic mass is 10.1. The van der Waals surface area contributed by atoms with E-state index in [1.54, 1.807) is 43.3 Å². The summed E-state index contributed by atoms with van der Waals surface area (Å²) in [4.78, 5) is 24.1. The Morgan fingerprint density at radius 1 is 0.906 bits per heavy atom. The Kier molecular flexibility index (Phi) is 8.11. The van der Waals surface area contributed by atoms with Gasteiger partial charge in [0, 0.05) is 15.6 Å². The van der Waals surface area contributed by atoms with E-state index in [0.29, 0.717) is 28.1 Å². The average Bonchev–Trinajstić information content (AvgIpc) is 2.79. The van der Waals surface area contributed by atoms with Crippen molar-refractivity contribution in [2.45, 2.75) is 13.5 Å². The van der Waals surface area contributed by atoms with E-state index in [9.17, 15) is 9.59 Å². The fraction of sp³-hybridized carbons (Fsp3) is 0.0870. The molecule has 164 valence electrons. The zero-order valence-electron chi connectivity index (χ0n) is 16.9. The van der Waals surface area contributed by atoms with Gasteiger partial charge in [0.25, 0.3) is 0 Å². The van der Waals surface area contributed by atoms with Crippen LogP contribution in [0.1, 0.15) is 18.1 Å². The molecule has 0 aromatic heterocycles. The summed E-state index contributed by atoms with van der Waals surface area (Å²) in [6, 6.07) is 19.1. The fourth-order valence-electron chi connectivity index (χ4n) is 2.59. The highest BCUT2D eigenvalue weighted by molar-refractivity contribution is 6.42. The van der Waals surface area contributed by atoms with Gasteiger partial charge in [-0.3, -0.25) is 9.59 Å². The largest absolute Gasteiger partial charge is 0.489 e. The molecule has 3 aromatic rings. The predicted octanol–water partition coefficient (Wildman–Crippen LogP) is 5.70. The number of carbonyl (C=O) groups excluding carboxylic acids is 2. The van der Waals surface area contributed by atoms with E-state index < -0.39 is 11.8 Å². The fourth-order valence-corrected chi connectivity index (χ4v) is 3.12. The number of anilines is 1. The summed E-state index contributed by atoms with van der Waals surface area (Å²) in [5, 5.41) is 7.63. The highest BCUT2D eigenvalue weighted by atomic mass is 35.5. The van der Waals surface area contributed by atoms with Crippen molar-refractivity contribution in [3.05, 3.63) is 92.9 Å². The van der Waals surface area contributed by atoms with E-state index in [1.165, 1.54) is 12.1 Å². The molecule has 3 rings (SSSR count). The van der Waals surface area contributed by atoms with Crippen LogP contribution < -0.4 is 15.5 Å². The molecule has 0 unspecified atom stereocenters. The third-order valence-corrected chi connectivity index (χ3v) is 5.27. The van der Waals surface area contributed by atoms with Gasteiger partial charge in [-0.05, 0) is 61.0 Å². The van der Waals surface area contributed by atoms with E-state index >= 15 is 0 Å². The highest BCUT2D eigenvalue weighted by Crippen LogP contribution is 2.25. The van der Waals surface area contributed by atoms with Gasteiger partial charge in [0.1, 0.15) is 12.4 Å². The maximum atomic E-state index is 12.1. The van der Waals surface area contributed by atoms with Crippen LogP contribution in [0.4, 0.5) is 5.69 Å². The number of nitrogens with zero attached hydrogens (tertiary/aromatic N) is 1. The molecule has 0 aliphatic heterocycles. The first-order valence-corrected chi connectivity index (χ1v) is 10.5. The van der Waals surface area contributed by atoms with Gasteiger partial charge in [-0.1, -0.05) is 53.0 Å². The molecule has 0 atom stereocenters. The van der Waals surface area contributed by atoms with Crippen molar-refractivity contribution in [1.82, 2.24) is 5.43 Å². The summed E-state index contributed by atoms with van der Waals surface area (Å²) in [6.45, 7) is 2.04. The van der Waals surface area contributed by atoms with Gasteiger partial charge in [-0.25, -0.2) is 5.43 Å². The van der Waals surface area contributed by atoms with Crippen LogP contribution in [-0.4, -0.2) is 17.5 Å². The summed E-state index contributed by atoms with van der Waals surface area (Å²) in [6.07, 6.45) is 0. The van der Waals surface area contributed by atoms with E-state index in [0.717, 1.165) is 11.1 Å². The molecule has 0 bridgehead atoms. The number of rotatable bonds is 6. The molecule has 0 spiro atoms. The summed E-state index contributed by atoms with van der Waals surface area (Å²) < 4.78 is 5.74. The van der Waals surface area contributed by atoms with Crippen LogP contribution in [0.25, 0.3) is 0 Å². The smallest absolute Gasteiger partial charge is 0.329 e. The molecule has 0 saturated carbocycles. The Morgan fingerprint density at radius 2 is 1.62 bits per heavy atom. The lowest BCUT2D eigenvalue weighted by Gasteiger charge is -2.09. The topological polar surface area (TPSA) is 79.8 Å². The van der Waals surface area contributed by atoms with Crippen LogP contribution in [-0.2, 0) is 16.2 Å². The molecule has 0 aliphatic carbocycles. The molecule has 32 heavy (non-hydrogen) atoms. The third-order valence-electron chi connectivity index (χ3n) is 4.33. The minimum absolute atomic E-state index is 0.229. The second-order valence-corrected chi connectivity index (χ2v) is 7.87. The number of hydrogen-bond donors (Lipinski definition) is 2. The number of hydrogen-bond acceptors (Lipinski definition) is 4. The predicted molar refractivity (Wildman–Crippen MR) is 128 cm³/mol. The number of hydrazone groups is 1. The van der Waals surface area contributed by atoms with Crippen molar-refractivity contribution < 1.29 is 14.3 Å². The lowest BCUT2D eigenvalue weighted by molar-refractivity contribution is -0.136. The molecule has 0 fully saturated rings. The van der Waals surface area contributed by atoms with Gasteiger partial charge in [0.15, 0.2) is 0 Å². The minimum atomic E-state index is -0.944. The molecule has 2 N–H and O–H groups in total. The molecular weight excluding hydrogens is 473 g/mol. The number of halogens is 3. The second-order valence-electron chi connectivity index (χ2n) is 6.62. The number of carbonyl (C=O) groups is 2. The zero-order valence-corrected chi connectivity index (χ0v) is 19.1. The van der Waals surface area contributed by atoms with Crippen LogP contribution in [0, 0.1) is 0 Å². The van der Waals surface area contributed by atoms with E-state index in [-0.39, 0.29) is 10.7 Å². The number of ether oxygens (including phenoxy) is 1. The van der Waals surface area contributed by atoms with Gasteiger partial charge < -0.3 is 10.1 Å². The standard InChI is InChI=1S/C23H18Cl3N3O3/c1-14(28-29-23(31)22(30)27-21-12-17(24)8-11-20(21)26)15-6-9-18(10-7-15)32-13-16-4-2-3-5-19(16)25/h2-12H,13H2,1H3,(H,27,30)(H,29,31)/b28-14+. The summed E-state index contributed by atoms with van der Waals surface area (Å²) in [7, 11) is 0. The van der Waals surface area contributed by atoms with E-state index in [4.69, 9.17) is 39.5 Å². The average molecular weight is 491 g/mol. The first-order chi connectivity index (χ1) is 15.3. The second kappa shape index (κ2) is 11.0. The first-order valence-electron chi connectivity index (χ1n) is 9.41. The Balaban J connectivity index is 1.55. The van der Waals surface area contributed by atoms with Gasteiger partial charge in [0.2, 0.25) is 0 Å². The van der Waals surface area contributed by atoms with Gasteiger partial charge >= 0.3 is 11.8 Å². The van der Waals surface area contributed by atoms with Crippen molar-refractivity contribution in [3.63, 3.8) is 0 Å². The first kappa shape index (κ1) is 23.6. The molecule has 0 radical (unpaired) electrons. The molecule has 0 saturated heterocycles. The molecule has 9 heteroatoms. The summed E-state index contributed by atoms with van der Waals surface area (Å²) in [5.41, 5.74) is 4.58. The molecule has 6 nitrogen and oxygen atoms in total. The number of benzene rings is 3. The highest BCUT2D eigenvalue weighted by Gasteiger charge is 2.15. The van der Waals surface area contributed by atoms with Crippen LogP contribution in [0.15, 0.2) is 71.8 Å².